The van der Waals surface area contributed by atoms with Gasteiger partial charge in [-0.05, 0) is 68.3 Å². The van der Waals surface area contributed by atoms with Crippen LogP contribution >= 0.6 is 0 Å². The van der Waals surface area contributed by atoms with Gasteiger partial charge in [0, 0.05) is 28.7 Å². The van der Waals surface area contributed by atoms with Gasteiger partial charge < -0.3 is 19.2 Å². The number of nitrogens with zero attached hydrogens (tertiary/aromatic N) is 1. The first-order chi connectivity index (χ1) is 20.7. The molecule has 0 saturated heterocycles. The molecule has 2 heterocycles. The number of hydrogen-bond acceptors (Lipinski definition) is 4. The predicted octanol–water partition coefficient (Wildman–Crippen LogP) is 9.03. The molecule has 220 valence electrons. The van der Waals surface area contributed by atoms with Gasteiger partial charge >= 0.3 is 6.09 Å². The average Bonchev–Trinajstić information content (AvgIpc) is 3.66. The van der Waals surface area contributed by atoms with Crippen molar-refractivity contribution in [3.8, 4) is 11.5 Å². The van der Waals surface area contributed by atoms with Gasteiger partial charge in [0.15, 0.2) is 23.1 Å². The van der Waals surface area contributed by atoms with Gasteiger partial charge in [-0.2, -0.15) is 0 Å². The summed E-state index contributed by atoms with van der Waals surface area (Å²) < 4.78 is 46.5. The normalized spacial score (nSPS) is 11.2. The number of nitrogens with one attached hydrogen (secondary N) is 1. The summed E-state index contributed by atoms with van der Waals surface area (Å²) >= 11 is 0. The highest BCUT2D eigenvalue weighted by molar-refractivity contribution is 5.90. The van der Waals surface area contributed by atoms with Crippen molar-refractivity contribution < 1.29 is 27.8 Å². The molecule has 1 N–H and O–H groups in total. The molecular formula is C35H32F2N2O4. The largest absolute Gasteiger partial charge is 0.486 e. The molecule has 2 aromatic heterocycles. The standard InChI is InChI=1S/C20H20FNO3.C15H12FNO/c1-20(2,3)25-19(23)22-12-11-15-16(22)9-10-17(18(15)21)24-13-14-7-5-4-6-8-14;16-15-12-8-9-17-13(12)6-7-14(15)18-10-11-4-2-1-3-5-11/h4-12H,13H2,1-3H3;1-9,17H,10H2. The fourth-order valence-electron chi connectivity index (χ4n) is 4.40. The van der Waals surface area contributed by atoms with E-state index in [1.807, 2.05) is 66.7 Å². The summed E-state index contributed by atoms with van der Waals surface area (Å²) in [4.78, 5) is 15.2. The van der Waals surface area contributed by atoms with Crippen LogP contribution in [0.4, 0.5) is 13.6 Å². The van der Waals surface area contributed by atoms with Crippen molar-refractivity contribution in [2.24, 2.45) is 0 Å². The molecule has 0 atom stereocenters. The smallest absolute Gasteiger partial charge is 0.418 e. The molecule has 0 fully saturated rings. The van der Waals surface area contributed by atoms with Crippen LogP contribution in [-0.2, 0) is 18.0 Å². The summed E-state index contributed by atoms with van der Waals surface area (Å²) in [6.45, 7) is 6.00. The van der Waals surface area contributed by atoms with Crippen molar-refractivity contribution in [1.29, 1.82) is 0 Å². The first-order valence-electron chi connectivity index (χ1n) is 13.8. The average molecular weight is 583 g/mol. The third kappa shape index (κ3) is 7.22. The minimum absolute atomic E-state index is 0.151. The Bertz CT molecular complexity index is 1820. The number of fused-ring (bicyclic) bond motifs is 2. The first-order valence-corrected chi connectivity index (χ1v) is 13.8. The number of H-pyrrole nitrogens is 1. The zero-order chi connectivity index (χ0) is 30.4. The lowest BCUT2D eigenvalue weighted by Crippen LogP contribution is -2.26. The topological polar surface area (TPSA) is 65.5 Å². The predicted molar refractivity (Wildman–Crippen MR) is 163 cm³/mol. The second-order valence-corrected chi connectivity index (χ2v) is 10.8. The molecule has 0 saturated carbocycles. The molecule has 4 aromatic carbocycles. The molecule has 0 aliphatic carbocycles. The van der Waals surface area contributed by atoms with Crippen LogP contribution in [0.1, 0.15) is 31.9 Å². The maximum Gasteiger partial charge on any atom is 0.418 e. The Hall–Kier alpha value is -5.11. The fraction of sp³-hybridized carbons (Fsp3) is 0.171. The van der Waals surface area contributed by atoms with Crippen molar-refractivity contribution in [3.63, 3.8) is 0 Å². The highest BCUT2D eigenvalue weighted by Crippen LogP contribution is 2.29. The molecule has 6 nitrogen and oxygen atoms in total. The highest BCUT2D eigenvalue weighted by Gasteiger charge is 2.21. The molecule has 0 bridgehead atoms. The number of hydrogen-bond donors (Lipinski definition) is 1. The second-order valence-electron chi connectivity index (χ2n) is 10.8. The van der Waals surface area contributed by atoms with E-state index in [1.54, 1.807) is 51.2 Å². The number of aromatic amines is 1. The molecule has 6 rings (SSSR count). The lowest BCUT2D eigenvalue weighted by atomic mass is 10.2. The Morgan fingerprint density at radius 3 is 1.86 bits per heavy atom. The van der Waals surface area contributed by atoms with Crippen molar-refractivity contribution >= 4 is 27.9 Å². The van der Waals surface area contributed by atoms with Crippen LogP contribution in [0, 0.1) is 11.6 Å². The summed E-state index contributed by atoms with van der Waals surface area (Å²) in [5.41, 5.74) is 2.57. The molecule has 8 heteroatoms. The van der Waals surface area contributed by atoms with Gasteiger partial charge in [-0.3, -0.25) is 4.57 Å². The van der Waals surface area contributed by atoms with E-state index in [-0.39, 0.29) is 23.9 Å². The van der Waals surface area contributed by atoms with E-state index >= 15 is 0 Å². The summed E-state index contributed by atoms with van der Waals surface area (Å²) in [6, 6.07) is 29.2. The number of carbonyl (C=O) groups excluding carboxylic acids is 1. The molecule has 0 unspecified atom stereocenters. The van der Waals surface area contributed by atoms with Gasteiger partial charge in [0.25, 0.3) is 0 Å². The summed E-state index contributed by atoms with van der Waals surface area (Å²) in [7, 11) is 0. The zero-order valence-electron chi connectivity index (χ0n) is 24.1. The third-order valence-electron chi connectivity index (χ3n) is 6.47. The molecule has 0 aliphatic rings. The van der Waals surface area contributed by atoms with Crippen molar-refractivity contribution in [3.05, 3.63) is 132 Å². The first kappa shape index (κ1) is 29.4. The number of halogens is 2. The van der Waals surface area contributed by atoms with E-state index in [1.165, 1.54) is 16.8 Å². The van der Waals surface area contributed by atoms with Gasteiger partial charge in [0.1, 0.15) is 18.8 Å². The Morgan fingerprint density at radius 1 is 0.721 bits per heavy atom. The SMILES string of the molecule is CC(C)(C)OC(=O)n1ccc2c(F)c(OCc3ccccc3)ccc21.Fc1c(OCc2ccccc2)ccc2[nH]ccc12. The van der Waals surface area contributed by atoms with Crippen LogP contribution in [0.25, 0.3) is 21.8 Å². The quantitative estimate of drug-likeness (QED) is 0.213. The van der Waals surface area contributed by atoms with E-state index < -0.39 is 17.5 Å². The van der Waals surface area contributed by atoms with Crippen LogP contribution in [-0.4, -0.2) is 21.2 Å². The molecule has 0 amide bonds. The van der Waals surface area contributed by atoms with Crippen LogP contribution in [0.3, 0.4) is 0 Å². The van der Waals surface area contributed by atoms with Gasteiger partial charge in [-0.25, -0.2) is 13.6 Å². The van der Waals surface area contributed by atoms with Gasteiger partial charge in [-0.1, -0.05) is 60.7 Å². The zero-order valence-corrected chi connectivity index (χ0v) is 24.1. The lowest BCUT2D eigenvalue weighted by molar-refractivity contribution is 0.0544. The monoisotopic (exact) mass is 582 g/mol. The van der Waals surface area contributed by atoms with Crippen molar-refractivity contribution in [2.75, 3.05) is 0 Å². The molecule has 43 heavy (non-hydrogen) atoms. The molecule has 6 aromatic rings. The lowest BCUT2D eigenvalue weighted by Gasteiger charge is -2.19. The van der Waals surface area contributed by atoms with Gasteiger partial charge in [0.2, 0.25) is 0 Å². The number of ether oxygens (including phenoxy) is 3. The fourth-order valence-corrected chi connectivity index (χ4v) is 4.40. The van der Waals surface area contributed by atoms with Crippen LogP contribution < -0.4 is 9.47 Å². The maximum absolute atomic E-state index is 14.7. The molecule has 0 aliphatic heterocycles. The number of aromatic nitrogens is 2. The van der Waals surface area contributed by atoms with E-state index in [2.05, 4.69) is 4.98 Å². The number of rotatable bonds is 6. The minimum atomic E-state index is -0.620. The number of carbonyl (C=O) groups is 1. The molecular weight excluding hydrogens is 550 g/mol. The summed E-state index contributed by atoms with van der Waals surface area (Å²) in [5.74, 6) is -0.371. The van der Waals surface area contributed by atoms with E-state index in [4.69, 9.17) is 14.2 Å². The Labute approximate surface area is 248 Å². The van der Waals surface area contributed by atoms with E-state index in [9.17, 15) is 13.6 Å². The van der Waals surface area contributed by atoms with Crippen LogP contribution in [0.2, 0.25) is 0 Å². The Balaban J connectivity index is 0.000000180. The third-order valence-corrected chi connectivity index (χ3v) is 6.47. The Morgan fingerprint density at radius 2 is 1.28 bits per heavy atom. The van der Waals surface area contributed by atoms with E-state index in [0.717, 1.165) is 16.6 Å². The Kier molecular flexibility index (Phi) is 8.76. The molecule has 0 spiro atoms. The molecule has 0 radical (unpaired) electrons. The maximum atomic E-state index is 14.7. The van der Waals surface area contributed by atoms with Crippen LogP contribution in [0.5, 0.6) is 11.5 Å². The highest BCUT2D eigenvalue weighted by atomic mass is 19.1. The van der Waals surface area contributed by atoms with Crippen molar-refractivity contribution in [1.82, 2.24) is 9.55 Å². The van der Waals surface area contributed by atoms with Crippen molar-refractivity contribution in [2.45, 2.75) is 39.6 Å². The van der Waals surface area contributed by atoms with E-state index in [0.29, 0.717) is 22.9 Å². The minimum Gasteiger partial charge on any atom is -0.486 e. The summed E-state index contributed by atoms with van der Waals surface area (Å²) in [5, 5.41) is 0.872. The van der Waals surface area contributed by atoms with Gasteiger partial charge in [-0.15, -0.1) is 0 Å². The number of benzene rings is 4. The second kappa shape index (κ2) is 12.8. The summed E-state index contributed by atoms with van der Waals surface area (Å²) in [6.07, 6.45) is 2.68. The van der Waals surface area contributed by atoms with Gasteiger partial charge in [0.05, 0.1) is 5.52 Å². The van der Waals surface area contributed by atoms with Crippen LogP contribution in [0.15, 0.2) is 109 Å².